The Morgan fingerprint density at radius 1 is 1.41 bits per heavy atom. The highest BCUT2D eigenvalue weighted by molar-refractivity contribution is 7.90. The molecule has 0 aromatic heterocycles. The van der Waals surface area contributed by atoms with Crippen LogP contribution in [0.2, 0.25) is 0 Å². The fourth-order valence-electron chi connectivity index (χ4n) is 1.66. The van der Waals surface area contributed by atoms with Crippen molar-refractivity contribution in [3.8, 4) is 0 Å². The van der Waals surface area contributed by atoms with Crippen LogP contribution in [0.5, 0.6) is 0 Å². The van der Waals surface area contributed by atoms with E-state index >= 15 is 0 Å². The molecule has 0 bridgehead atoms. The number of amides is 1. The van der Waals surface area contributed by atoms with Gasteiger partial charge >= 0.3 is 0 Å². The molecule has 1 fully saturated rings. The summed E-state index contributed by atoms with van der Waals surface area (Å²) in [6, 6.07) is 5.93. The van der Waals surface area contributed by atoms with Crippen LogP contribution in [0, 0.1) is 0 Å². The van der Waals surface area contributed by atoms with Gasteiger partial charge in [-0.15, -0.1) is 0 Å². The van der Waals surface area contributed by atoms with E-state index in [4.69, 9.17) is 5.11 Å². The minimum atomic E-state index is -3.30. The smallest absolute Gasteiger partial charge is 0.254 e. The van der Waals surface area contributed by atoms with Crippen LogP contribution in [-0.4, -0.2) is 49.8 Å². The second kappa shape index (κ2) is 4.12. The molecule has 0 unspecified atom stereocenters. The van der Waals surface area contributed by atoms with E-state index in [0.717, 1.165) is 6.26 Å². The van der Waals surface area contributed by atoms with Crippen LogP contribution in [-0.2, 0) is 9.84 Å². The van der Waals surface area contributed by atoms with Gasteiger partial charge in [-0.2, -0.15) is 0 Å². The molecule has 1 aliphatic rings. The van der Waals surface area contributed by atoms with Crippen LogP contribution >= 0.6 is 0 Å². The molecule has 0 aliphatic carbocycles. The van der Waals surface area contributed by atoms with Crippen LogP contribution in [0.25, 0.3) is 0 Å². The fraction of sp³-hybridized carbons (Fsp3) is 0.364. The van der Waals surface area contributed by atoms with Crippen molar-refractivity contribution in [2.24, 2.45) is 0 Å². The summed E-state index contributed by atoms with van der Waals surface area (Å²) in [6.45, 7) is 0.615. The van der Waals surface area contributed by atoms with Crippen molar-refractivity contribution < 1.29 is 18.3 Å². The average Bonchev–Trinajstić information content (AvgIpc) is 2.23. The summed E-state index contributed by atoms with van der Waals surface area (Å²) in [7, 11) is -3.30. The molecule has 1 amide bonds. The van der Waals surface area contributed by atoms with Crippen LogP contribution in [0.15, 0.2) is 29.2 Å². The second-order valence-corrected chi connectivity index (χ2v) is 6.18. The minimum Gasteiger partial charge on any atom is -0.389 e. The van der Waals surface area contributed by atoms with Gasteiger partial charge in [-0.25, -0.2) is 8.42 Å². The Hall–Kier alpha value is -1.40. The molecule has 17 heavy (non-hydrogen) atoms. The Balaban J connectivity index is 2.25. The molecule has 92 valence electrons. The van der Waals surface area contributed by atoms with Gasteiger partial charge in [-0.1, -0.05) is 6.07 Å². The van der Waals surface area contributed by atoms with Crippen LogP contribution in [0.4, 0.5) is 0 Å². The molecule has 0 spiro atoms. The molecule has 1 N–H and O–H groups in total. The number of likely N-dealkylation sites (tertiary alicyclic amines) is 1. The van der Waals surface area contributed by atoms with Gasteiger partial charge in [0.2, 0.25) is 0 Å². The lowest BCUT2D eigenvalue weighted by atomic mass is 10.1. The molecule has 1 heterocycles. The summed E-state index contributed by atoms with van der Waals surface area (Å²) < 4.78 is 22.7. The maximum Gasteiger partial charge on any atom is 0.254 e. The van der Waals surface area contributed by atoms with Gasteiger partial charge < -0.3 is 10.0 Å². The standard InChI is InChI=1S/C11H13NO4S/c1-17(15,16)10-4-2-3-8(5-10)11(14)12-6-9(13)7-12/h2-5,9,13H,6-7H2,1H3. The number of rotatable bonds is 2. The quantitative estimate of drug-likeness (QED) is 0.801. The minimum absolute atomic E-state index is 0.129. The number of hydrogen-bond acceptors (Lipinski definition) is 4. The summed E-state index contributed by atoms with van der Waals surface area (Å²) in [5, 5.41) is 9.11. The Labute approximate surface area is 99.6 Å². The third-order valence-electron chi connectivity index (χ3n) is 2.66. The number of hydrogen-bond donors (Lipinski definition) is 1. The lowest BCUT2D eigenvalue weighted by Crippen LogP contribution is -2.53. The van der Waals surface area contributed by atoms with Crippen molar-refractivity contribution in [1.82, 2.24) is 4.90 Å². The zero-order chi connectivity index (χ0) is 12.6. The number of aliphatic hydroxyl groups excluding tert-OH is 1. The van der Waals surface area contributed by atoms with Crippen LogP contribution < -0.4 is 0 Å². The molecule has 5 nitrogen and oxygen atoms in total. The van der Waals surface area contributed by atoms with Crippen molar-refractivity contribution in [1.29, 1.82) is 0 Å². The van der Waals surface area contributed by atoms with E-state index in [1.54, 1.807) is 12.1 Å². The largest absolute Gasteiger partial charge is 0.389 e. The Morgan fingerprint density at radius 3 is 2.59 bits per heavy atom. The topological polar surface area (TPSA) is 74.7 Å². The number of benzene rings is 1. The fourth-order valence-corrected chi connectivity index (χ4v) is 2.33. The summed E-state index contributed by atoms with van der Waals surface area (Å²) >= 11 is 0. The lowest BCUT2D eigenvalue weighted by Gasteiger charge is -2.35. The Kier molecular flexibility index (Phi) is 2.92. The van der Waals surface area contributed by atoms with E-state index in [1.807, 2.05) is 0 Å². The molecule has 1 aliphatic heterocycles. The van der Waals surface area contributed by atoms with Gasteiger partial charge in [0.15, 0.2) is 9.84 Å². The zero-order valence-corrected chi connectivity index (χ0v) is 10.1. The number of carbonyl (C=O) groups excluding carboxylic acids is 1. The predicted octanol–water partition coefficient (Wildman–Crippen LogP) is -0.0932. The molecule has 2 rings (SSSR count). The number of aliphatic hydroxyl groups is 1. The van der Waals surface area contributed by atoms with Gasteiger partial charge in [-0.05, 0) is 18.2 Å². The molecular weight excluding hydrogens is 242 g/mol. The van der Waals surface area contributed by atoms with Crippen molar-refractivity contribution in [2.75, 3.05) is 19.3 Å². The number of β-amino-alcohol motifs (C(OH)–C–C–N with tert-alkyl or cyclic N) is 1. The first kappa shape index (κ1) is 12.1. The zero-order valence-electron chi connectivity index (χ0n) is 9.33. The maximum atomic E-state index is 11.9. The monoisotopic (exact) mass is 255 g/mol. The molecule has 0 atom stereocenters. The van der Waals surface area contributed by atoms with E-state index in [2.05, 4.69) is 0 Å². The maximum absolute atomic E-state index is 11.9. The van der Waals surface area contributed by atoms with Gasteiger partial charge in [-0.3, -0.25) is 4.79 Å². The third-order valence-corrected chi connectivity index (χ3v) is 3.77. The van der Waals surface area contributed by atoms with E-state index in [1.165, 1.54) is 17.0 Å². The first-order chi connectivity index (χ1) is 7.88. The summed E-state index contributed by atoms with van der Waals surface area (Å²) in [5.41, 5.74) is 0.333. The van der Waals surface area contributed by atoms with Crippen LogP contribution in [0.1, 0.15) is 10.4 Å². The first-order valence-corrected chi connectivity index (χ1v) is 7.04. The molecule has 1 saturated heterocycles. The van der Waals surface area contributed by atoms with E-state index < -0.39 is 15.9 Å². The number of sulfone groups is 1. The number of nitrogens with zero attached hydrogens (tertiary/aromatic N) is 1. The molecule has 6 heteroatoms. The highest BCUT2D eigenvalue weighted by Gasteiger charge is 2.29. The van der Waals surface area contributed by atoms with Gasteiger partial charge in [0.1, 0.15) is 0 Å². The Morgan fingerprint density at radius 2 is 2.06 bits per heavy atom. The van der Waals surface area contributed by atoms with Crippen LogP contribution in [0.3, 0.4) is 0 Å². The van der Waals surface area contributed by atoms with E-state index in [0.29, 0.717) is 18.7 Å². The summed E-state index contributed by atoms with van der Waals surface area (Å²) in [5.74, 6) is -0.249. The third kappa shape index (κ3) is 2.48. The van der Waals surface area contributed by atoms with E-state index in [-0.39, 0.29) is 10.8 Å². The predicted molar refractivity (Wildman–Crippen MR) is 61.5 cm³/mol. The molecule has 0 radical (unpaired) electrons. The average molecular weight is 255 g/mol. The van der Waals surface area contributed by atoms with Gasteiger partial charge in [0.25, 0.3) is 5.91 Å². The second-order valence-electron chi connectivity index (χ2n) is 4.16. The SMILES string of the molecule is CS(=O)(=O)c1cccc(C(=O)N2CC(O)C2)c1. The van der Waals surface area contributed by atoms with Gasteiger partial charge in [0, 0.05) is 24.9 Å². The van der Waals surface area contributed by atoms with Crippen molar-refractivity contribution in [2.45, 2.75) is 11.0 Å². The summed E-state index contributed by atoms with van der Waals surface area (Å²) in [4.78, 5) is 13.5. The number of carbonyl (C=O) groups is 1. The highest BCUT2D eigenvalue weighted by Crippen LogP contribution is 2.16. The Bertz CT molecular complexity index is 546. The summed E-state index contributed by atoms with van der Waals surface area (Å²) in [6.07, 6.45) is 0.640. The molecular formula is C11H13NO4S. The normalized spacial score (nSPS) is 16.7. The van der Waals surface area contributed by atoms with Crippen molar-refractivity contribution in [3.05, 3.63) is 29.8 Å². The first-order valence-electron chi connectivity index (χ1n) is 5.15. The molecule has 1 aromatic carbocycles. The molecule has 1 aromatic rings. The van der Waals surface area contributed by atoms with Crippen molar-refractivity contribution in [3.63, 3.8) is 0 Å². The van der Waals surface area contributed by atoms with E-state index in [9.17, 15) is 13.2 Å². The highest BCUT2D eigenvalue weighted by atomic mass is 32.2. The lowest BCUT2D eigenvalue weighted by molar-refractivity contribution is 0.00588. The molecule has 0 saturated carbocycles. The van der Waals surface area contributed by atoms with Crippen molar-refractivity contribution >= 4 is 15.7 Å². The van der Waals surface area contributed by atoms with Gasteiger partial charge in [0.05, 0.1) is 11.0 Å².